The first-order valence-corrected chi connectivity index (χ1v) is 8.90. The summed E-state index contributed by atoms with van der Waals surface area (Å²) in [5.74, 6) is -0.199. The molecule has 0 atom stereocenters. The summed E-state index contributed by atoms with van der Waals surface area (Å²) in [7, 11) is 0. The zero-order chi connectivity index (χ0) is 18.0. The lowest BCUT2D eigenvalue weighted by molar-refractivity contribution is -0.118. The summed E-state index contributed by atoms with van der Waals surface area (Å²) in [5.41, 5.74) is 8.44. The molecule has 0 fully saturated rings. The summed E-state index contributed by atoms with van der Waals surface area (Å²) in [6.45, 7) is 7.39. The minimum absolute atomic E-state index is 0.141. The van der Waals surface area contributed by atoms with Gasteiger partial charge in [-0.3, -0.25) is 9.59 Å². The number of aryl methyl sites for hydroxylation is 3. The number of amides is 2. The van der Waals surface area contributed by atoms with E-state index >= 15 is 0 Å². The molecule has 0 spiro atoms. The van der Waals surface area contributed by atoms with Crippen molar-refractivity contribution in [2.24, 2.45) is 5.73 Å². The number of carbonyl (C=O) groups is 2. The van der Waals surface area contributed by atoms with Crippen LogP contribution in [0.3, 0.4) is 0 Å². The van der Waals surface area contributed by atoms with Gasteiger partial charge in [0, 0.05) is 9.35 Å². The molecule has 128 valence electrons. The van der Waals surface area contributed by atoms with E-state index in [1.807, 2.05) is 39.8 Å². The van der Waals surface area contributed by atoms with Crippen molar-refractivity contribution in [2.45, 2.75) is 27.7 Å². The molecule has 24 heavy (non-hydrogen) atoms. The Kier molecular flexibility index (Phi) is 5.66. The molecule has 2 aromatic rings. The second-order valence-corrected chi connectivity index (χ2v) is 7.70. The first-order chi connectivity index (χ1) is 11.2. The van der Waals surface area contributed by atoms with Gasteiger partial charge in [-0.05, 0) is 56.5 Å². The van der Waals surface area contributed by atoms with E-state index in [1.165, 1.54) is 11.3 Å². The standard InChI is InChI=1S/C17H19BrN2O3S/c1-8-5-12(18)6-9(2)15(8)23-7-13(21)20-17-14(16(19)22)10(3)11(4)24-17/h5-6H,7H2,1-4H3,(H2,19,22)(H,20,21). The third kappa shape index (κ3) is 3.96. The van der Waals surface area contributed by atoms with E-state index in [4.69, 9.17) is 10.5 Å². The Morgan fingerprint density at radius 2 is 1.79 bits per heavy atom. The molecule has 7 heteroatoms. The van der Waals surface area contributed by atoms with Crippen molar-refractivity contribution in [1.29, 1.82) is 0 Å². The maximum absolute atomic E-state index is 12.2. The van der Waals surface area contributed by atoms with Crippen molar-refractivity contribution in [2.75, 3.05) is 11.9 Å². The monoisotopic (exact) mass is 410 g/mol. The average molecular weight is 411 g/mol. The minimum Gasteiger partial charge on any atom is -0.483 e. The van der Waals surface area contributed by atoms with Gasteiger partial charge in [-0.15, -0.1) is 11.3 Å². The van der Waals surface area contributed by atoms with Crippen molar-refractivity contribution in [1.82, 2.24) is 0 Å². The van der Waals surface area contributed by atoms with Crippen LogP contribution in [-0.4, -0.2) is 18.4 Å². The quantitative estimate of drug-likeness (QED) is 0.784. The van der Waals surface area contributed by atoms with Gasteiger partial charge >= 0.3 is 0 Å². The zero-order valence-corrected chi connectivity index (χ0v) is 16.4. The number of thiophene rings is 1. The molecule has 0 aliphatic rings. The number of benzene rings is 1. The summed E-state index contributed by atoms with van der Waals surface area (Å²) < 4.78 is 6.61. The molecule has 0 aliphatic heterocycles. The summed E-state index contributed by atoms with van der Waals surface area (Å²) in [4.78, 5) is 24.7. The number of hydrogen-bond donors (Lipinski definition) is 2. The lowest BCUT2D eigenvalue weighted by Gasteiger charge is -2.12. The van der Waals surface area contributed by atoms with E-state index in [0.717, 1.165) is 26.0 Å². The van der Waals surface area contributed by atoms with Crippen molar-refractivity contribution in [3.63, 3.8) is 0 Å². The number of rotatable bonds is 5. The van der Waals surface area contributed by atoms with Crippen molar-refractivity contribution in [3.8, 4) is 5.75 Å². The average Bonchev–Trinajstić information content (AvgIpc) is 2.72. The first-order valence-electron chi connectivity index (χ1n) is 7.30. The predicted molar refractivity (Wildman–Crippen MR) is 100 cm³/mol. The fraction of sp³-hybridized carbons (Fsp3) is 0.294. The normalized spacial score (nSPS) is 10.5. The van der Waals surface area contributed by atoms with Crippen molar-refractivity contribution < 1.29 is 14.3 Å². The van der Waals surface area contributed by atoms with Gasteiger partial charge in [0.2, 0.25) is 0 Å². The topological polar surface area (TPSA) is 81.4 Å². The molecular weight excluding hydrogens is 392 g/mol. The van der Waals surface area contributed by atoms with Crippen LogP contribution in [0, 0.1) is 27.7 Å². The SMILES string of the molecule is Cc1cc(Br)cc(C)c1OCC(=O)Nc1sc(C)c(C)c1C(N)=O. The molecule has 3 N–H and O–H groups in total. The lowest BCUT2D eigenvalue weighted by Crippen LogP contribution is -2.22. The Labute approximate surface area is 153 Å². The Hall–Kier alpha value is -1.86. The van der Waals surface area contributed by atoms with Gasteiger partial charge in [-0.25, -0.2) is 0 Å². The maximum Gasteiger partial charge on any atom is 0.262 e. The van der Waals surface area contributed by atoms with E-state index in [1.54, 1.807) is 0 Å². The smallest absolute Gasteiger partial charge is 0.262 e. The van der Waals surface area contributed by atoms with Gasteiger partial charge in [0.1, 0.15) is 10.8 Å². The number of carbonyl (C=O) groups excluding carboxylic acids is 2. The Balaban J connectivity index is 2.10. The first kappa shape index (κ1) is 18.5. The van der Waals surface area contributed by atoms with Crippen molar-refractivity contribution in [3.05, 3.63) is 43.7 Å². The maximum atomic E-state index is 12.2. The van der Waals surface area contributed by atoms with Gasteiger partial charge < -0.3 is 15.8 Å². The lowest BCUT2D eigenvalue weighted by atomic mass is 10.1. The third-order valence-electron chi connectivity index (χ3n) is 3.66. The van der Waals surface area contributed by atoms with Gasteiger partial charge in [0.25, 0.3) is 11.8 Å². The summed E-state index contributed by atoms with van der Waals surface area (Å²) in [5, 5.41) is 3.19. The molecule has 0 aliphatic carbocycles. The molecule has 1 heterocycles. The second-order valence-electron chi connectivity index (χ2n) is 5.56. The fourth-order valence-electron chi connectivity index (χ4n) is 2.44. The molecule has 0 saturated heterocycles. The predicted octanol–water partition coefficient (Wildman–Crippen LogP) is 3.86. The van der Waals surface area contributed by atoms with Gasteiger partial charge in [-0.2, -0.15) is 0 Å². The summed E-state index contributed by atoms with van der Waals surface area (Å²) >= 11 is 4.76. The van der Waals surface area contributed by atoms with E-state index in [2.05, 4.69) is 21.2 Å². The number of hydrogen-bond acceptors (Lipinski definition) is 4. The highest BCUT2D eigenvalue weighted by Crippen LogP contribution is 2.32. The molecule has 2 amide bonds. The molecule has 1 aromatic heterocycles. The largest absolute Gasteiger partial charge is 0.483 e. The minimum atomic E-state index is -0.548. The Morgan fingerprint density at radius 1 is 1.21 bits per heavy atom. The van der Waals surface area contributed by atoms with Crippen LogP contribution in [0.25, 0.3) is 0 Å². The Bertz CT molecular complexity index is 791. The molecule has 2 rings (SSSR count). The number of anilines is 1. The molecule has 5 nitrogen and oxygen atoms in total. The number of nitrogens with one attached hydrogen (secondary N) is 1. The van der Waals surface area contributed by atoms with Gasteiger partial charge in [0.15, 0.2) is 6.61 Å². The molecular formula is C17H19BrN2O3S. The number of primary amides is 1. The van der Waals surface area contributed by atoms with E-state index < -0.39 is 5.91 Å². The highest BCUT2D eigenvalue weighted by molar-refractivity contribution is 9.10. The van der Waals surface area contributed by atoms with Crippen LogP contribution >= 0.6 is 27.3 Å². The van der Waals surface area contributed by atoms with E-state index in [9.17, 15) is 9.59 Å². The van der Waals surface area contributed by atoms with Crippen LogP contribution in [0.1, 0.15) is 31.9 Å². The van der Waals surface area contributed by atoms with Crippen LogP contribution in [0.15, 0.2) is 16.6 Å². The third-order valence-corrected chi connectivity index (χ3v) is 5.24. The molecule has 0 radical (unpaired) electrons. The summed E-state index contributed by atoms with van der Waals surface area (Å²) in [6, 6.07) is 3.86. The van der Waals surface area contributed by atoms with Crippen molar-refractivity contribution >= 4 is 44.1 Å². The van der Waals surface area contributed by atoms with Crippen LogP contribution in [0.5, 0.6) is 5.75 Å². The summed E-state index contributed by atoms with van der Waals surface area (Å²) in [6.07, 6.45) is 0. The van der Waals surface area contributed by atoms with E-state index in [0.29, 0.717) is 16.3 Å². The Morgan fingerprint density at radius 3 is 2.33 bits per heavy atom. The van der Waals surface area contributed by atoms with Gasteiger partial charge in [0.05, 0.1) is 5.56 Å². The molecule has 0 bridgehead atoms. The van der Waals surface area contributed by atoms with Crippen LogP contribution in [0.4, 0.5) is 5.00 Å². The fourth-order valence-corrected chi connectivity index (χ4v) is 4.21. The van der Waals surface area contributed by atoms with Crippen LogP contribution in [0.2, 0.25) is 0 Å². The van der Waals surface area contributed by atoms with Crippen LogP contribution < -0.4 is 15.8 Å². The number of nitrogens with two attached hydrogens (primary N) is 1. The number of ether oxygens (including phenoxy) is 1. The molecule has 1 aromatic carbocycles. The highest BCUT2D eigenvalue weighted by atomic mass is 79.9. The van der Waals surface area contributed by atoms with Crippen LogP contribution in [-0.2, 0) is 4.79 Å². The van der Waals surface area contributed by atoms with Gasteiger partial charge in [-0.1, -0.05) is 15.9 Å². The molecule has 0 unspecified atom stereocenters. The number of halogens is 1. The molecule has 0 saturated carbocycles. The zero-order valence-electron chi connectivity index (χ0n) is 14.0. The highest BCUT2D eigenvalue weighted by Gasteiger charge is 2.19. The van der Waals surface area contributed by atoms with E-state index in [-0.39, 0.29) is 12.5 Å². The second kappa shape index (κ2) is 7.36.